The highest BCUT2D eigenvalue weighted by molar-refractivity contribution is 6.32. The molecular weight excluding hydrogens is 300 g/mol. The van der Waals surface area contributed by atoms with Gasteiger partial charge in [-0.2, -0.15) is 4.98 Å². The summed E-state index contributed by atoms with van der Waals surface area (Å²) in [4.78, 5) is 8.85. The summed E-state index contributed by atoms with van der Waals surface area (Å²) in [5.41, 5.74) is 1.75. The van der Waals surface area contributed by atoms with Gasteiger partial charge in [-0.15, -0.1) is 0 Å². The maximum absolute atomic E-state index is 6.13. The van der Waals surface area contributed by atoms with Crippen molar-refractivity contribution in [1.29, 1.82) is 0 Å². The zero-order valence-corrected chi connectivity index (χ0v) is 13.9. The third kappa shape index (κ3) is 4.49. The van der Waals surface area contributed by atoms with Crippen molar-refractivity contribution in [3.05, 3.63) is 35.0 Å². The number of anilines is 3. The van der Waals surface area contributed by atoms with Gasteiger partial charge < -0.3 is 15.4 Å². The highest BCUT2D eigenvalue weighted by Crippen LogP contribution is 2.28. The number of aryl methyl sites for hydroxylation is 1. The van der Waals surface area contributed by atoms with Crippen LogP contribution in [0.1, 0.15) is 25.5 Å². The Kier molecular flexibility index (Phi) is 5.83. The Bertz CT molecular complexity index is 634. The summed E-state index contributed by atoms with van der Waals surface area (Å²) >= 11 is 6.13. The van der Waals surface area contributed by atoms with E-state index in [1.54, 1.807) is 7.11 Å². The van der Waals surface area contributed by atoms with Gasteiger partial charge >= 0.3 is 0 Å². The van der Waals surface area contributed by atoms with Gasteiger partial charge in [0.05, 0.1) is 12.1 Å². The standard InChI is InChI=1S/C16H21ClN4O/c1-4-5-8-18-16-19-11(2)9-15(21-16)20-12-6-7-14(22-3)13(17)10-12/h6-7,9-10H,4-5,8H2,1-3H3,(H2,18,19,20,21). The predicted octanol–water partition coefficient (Wildman–Crippen LogP) is 4.40. The molecule has 1 aromatic heterocycles. The van der Waals surface area contributed by atoms with E-state index in [1.165, 1.54) is 0 Å². The minimum atomic E-state index is 0.555. The predicted molar refractivity (Wildman–Crippen MR) is 91.5 cm³/mol. The Morgan fingerprint density at radius 2 is 2.05 bits per heavy atom. The zero-order chi connectivity index (χ0) is 15.9. The summed E-state index contributed by atoms with van der Waals surface area (Å²) in [5.74, 6) is 2.01. The van der Waals surface area contributed by atoms with E-state index in [2.05, 4.69) is 27.5 Å². The van der Waals surface area contributed by atoms with Crippen molar-refractivity contribution in [2.45, 2.75) is 26.7 Å². The van der Waals surface area contributed by atoms with Crippen molar-refractivity contribution in [3.63, 3.8) is 0 Å². The molecule has 0 unspecified atom stereocenters. The lowest BCUT2D eigenvalue weighted by Crippen LogP contribution is -2.07. The highest BCUT2D eigenvalue weighted by Gasteiger charge is 2.05. The van der Waals surface area contributed by atoms with Crippen LogP contribution in [-0.2, 0) is 0 Å². The molecule has 0 amide bonds. The fourth-order valence-corrected chi connectivity index (χ4v) is 2.24. The van der Waals surface area contributed by atoms with E-state index in [0.29, 0.717) is 16.7 Å². The van der Waals surface area contributed by atoms with Gasteiger partial charge in [-0.05, 0) is 31.5 Å². The quantitative estimate of drug-likeness (QED) is 0.740. The Labute approximate surface area is 136 Å². The molecule has 2 N–H and O–H groups in total. The third-order valence-corrected chi connectivity index (χ3v) is 3.39. The van der Waals surface area contributed by atoms with Crippen molar-refractivity contribution in [3.8, 4) is 5.75 Å². The Hall–Kier alpha value is -2.01. The van der Waals surface area contributed by atoms with E-state index in [9.17, 15) is 0 Å². The molecule has 0 atom stereocenters. The smallest absolute Gasteiger partial charge is 0.224 e. The average molecular weight is 321 g/mol. The van der Waals surface area contributed by atoms with Crippen LogP contribution in [0.4, 0.5) is 17.5 Å². The Balaban J connectivity index is 2.13. The SMILES string of the molecule is CCCCNc1nc(C)cc(Nc2ccc(OC)c(Cl)c2)n1. The van der Waals surface area contributed by atoms with E-state index in [4.69, 9.17) is 16.3 Å². The molecule has 6 heteroatoms. The number of methoxy groups -OCH3 is 1. The molecule has 0 aliphatic heterocycles. The Morgan fingerprint density at radius 3 is 2.73 bits per heavy atom. The third-order valence-electron chi connectivity index (χ3n) is 3.09. The minimum Gasteiger partial charge on any atom is -0.495 e. The molecule has 2 aromatic rings. The molecule has 0 saturated carbocycles. The first-order valence-corrected chi connectivity index (χ1v) is 7.70. The Morgan fingerprint density at radius 1 is 1.23 bits per heavy atom. The number of nitrogens with one attached hydrogen (secondary N) is 2. The monoisotopic (exact) mass is 320 g/mol. The normalized spacial score (nSPS) is 10.4. The molecule has 0 bridgehead atoms. The first kappa shape index (κ1) is 16.4. The second-order valence-corrected chi connectivity index (χ2v) is 5.38. The van der Waals surface area contributed by atoms with Crippen molar-refractivity contribution >= 4 is 29.1 Å². The number of hydrogen-bond acceptors (Lipinski definition) is 5. The van der Waals surface area contributed by atoms with E-state index >= 15 is 0 Å². The first-order chi connectivity index (χ1) is 10.6. The van der Waals surface area contributed by atoms with Gasteiger partial charge in [0, 0.05) is 24.0 Å². The summed E-state index contributed by atoms with van der Waals surface area (Å²) in [6, 6.07) is 7.41. The molecule has 0 spiro atoms. The summed E-state index contributed by atoms with van der Waals surface area (Å²) < 4.78 is 5.15. The highest BCUT2D eigenvalue weighted by atomic mass is 35.5. The topological polar surface area (TPSA) is 59.1 Å². The van der Waals surface area contributed by atoms with Crippen LogP contribution in [0.5, 0.6) is 5.75 Å². The second-order valence-electron chi connectivity index (χ2n) is 4.97. The minimum absolute atomic E-state index is 0.555. The van der Waals surface area contributed by atoms with Crippen molar-refractivity contribution < 1.29 is 4.74 Å². The summed E-state index contributed by atoms with van der Waals surface area (Å²) in [5, 5.41) is 7.03. The summed E-state index contributed by atoms with van der Waals surface area (Å²) in [6.07, 6.45) is 2.22. The fourth-order valence-electron chi connectivity index (χ4n) is 1.98. The lowest BCUT2D eigenvalue weighted by molar-refractivity contribution is 0.415. The molecule has 0 saturated heterocycles. The number of rotatable bonds is 7. The number of halogens is 1. The van der Waals surface area contributed by atoms with Crippen molar-refractivity contribution in [1.82, 2.24) is 9.97 Å². The maximum atomic E-state index is 6.13. The van der Waals surface area contributed by atoms with E-state index in [0.717, 1.165) is 36.6 Å². The van der Waals surface area contributed by atoms with Crippen LogP contribution in [0.2, 0.25) is 5.02 Å². The molecule has 2 rings (SSSR count). The number of nitrogens with zero attached hydrogens (tertiary/aromatic N) is 2. The molecule has 0 aliphatic rings. The average Bonchev–Trinajstić information content (AvgIpc) is 2.47. The second kappa shape index (κ2) is 7.84. The molecule has 22 heavy (non-hydrogen) atoms. The lowest BCUT2D eigenvalue weighted by Gasteiger charge is -2.11. The lowest BCUT2D eigenvalue weighted by atomic mass is 10.3. The van der Waals surface area contributed by atoms with Crippen LogP contribution in [0, 0.1) is 6.92 Å². The zero-order valence-electron chi connectivity index (χ0n) is 13.1. The van der Waals surface area contributed by atoms with Crippen LogP contribution < -0.4 is 15.4 Å². The summed E-state index contributed by atoms with van der Waals surface area (Å²) in [7, 11) is 1.59. The van der Waals surface area contributed by atoms with Gasteiger partial charge in [0.1, 0.15) is 11.6 Å². The van der Waals surface area contributed by atoms with Gasteiger partial charge in [-0.25, -0.2) is 4.98 Å². The number of aromatic nitrogens is 2. The van der Waals surface area contributed by atoms with Gasteiger partial charge in [-0.1, -0.05) is 24.9 Å². The molecule has 0 fully saturated rings. The van der Waals surface area contributed by atoms with E-state index < -0.39 is 0 Å². The van der Waals surface area contributed by atoms with Crippen molar-refractivity contribution in [2.24, 2.45) is 0 Å². The molecule has 118 valence electrons. The van der Waals surface area contributed by atoms with Gasteiger partial charge in [0.25, 0.3) is 0 Å². The number of unbranched alkanes of at least 4 members (excludes halogenated alkanes) is 1. The van der Waals surface area contributed by atoms with Crippen molar-refractivity contribution in [2.75, 3.05) is 24.3 Å². The fraction of sp³-hybridized carbons (Fsp3) is 0.375. The van der Waals surface area contributed by atoms with E-state index in [1.807, 2.05) is 31.2 Å². The maximum Gasteiger partial charge on any atom is 0.224 e. The molecular formula is C16H21ClN4O. The first-order valence-electron chi connectivity index (χ1n) is 7.32. The van der Waals surface area contributed by atoms with Gasteiger partial charge in [0.15, 0.2) is 0 Å². The molecule has 1 aromatic carbocycles. The number of hydrogen-bond donors (Lipinski definition) is 2. The largest absolute Gasteiger partial charge is 0.495 e. The van der Waals surface area contributed by atoms with Gasteiger partial charge in [-0.3, -0.25) is 0 Å². The molecule has 1 heterocycles. The summed E-state index contributed by atoms with van der Waals surface area (Å²) in [6.45, 7) is 4.96. The van der Waals surface area contributed by atoms with Crippen LogP contribution >= 0.6 is 11.6 Å². The van der Waals surface area contributed by atoms with Crippen LogP contribution in [-0.4, -0.2) is 23.6 Å². The van der Waals surface area contributed by atoms with Gasteiger partial charge in [0.2, 0.25) is 5.95 Å². The van der Waals surface area contributed by atoms with Crippen LogP contribution in [0.15, 0.2) is 24.3 Å². The van der Waals surface area contributed by atoms with Crippen LogP contribution in [0.3, 0.4) is 0 Å². The molecule has 0 aliphatic carbocycles. The molecule has 5 nitrogen and oxygen atoms in total. The molecule has 0 radical (unpaired) electrons. The number of benzene rings is 1. The van der Waals surface area contributed by atoms with Crippen LogP contribution in [0.25, 0.3) is 0 Å². The van der Waals surface area contributed by atoms with E-state index in [-0.39, 0.29) is 0 Å². The number of ether oxygens (including phenoxy) is 1.